The van der Waals surface area contributed by atoms with Crippen molar-refractivity contribution in [3.05, 3.63) is 58.2 Å². The zero-order chi connectivity index (χ0) is 21.7. The number of thiazole rings is 1. The Labute approximate surface area is 178 Å². The fourth-order valence-electron chi connectivity index (χ4n) is 2.85. The van der Waals surface area contributed by atoms with Crippen LogP contribution in [0, 0.1) is 13.8 Å². The molecule has 0 atom stereocenters. The summed E-state index contributed by atoms with van der Waals surface area (Å²) in [5.41, 5.74) is 3.18. The minimum absolute atomic E-state index is 0.0477. The van der Waals surface area contributed by atoms with E-state index < -0.39 is 0 Å². The maximum absolute atomic E-state index is 12.4. The first-order valence-electron chi connectivity index (χ1n) is 9.51. The average molecular weight is 426 g/mol. The van der Waals surface area contributed by atoms with Gasteiger partial charge in [0.1, 0.15) is 11.5 Å². The first-order valence-corrected chi connectivity index (χ1v) is 10.4. The average Bonchev–Trinajstić information content (AvgIpc) is 3.35. The summed E-state index contributed by atoms with van der Waals surface area (Å²) in [7, 11) is 0. The Morgan fingerprint density at radius 3 is 2.67 bits per heavy atom. The predicted octanol–water partition coefficient (Wildman–Crippen LogP) is 4.26. The molecule has 0 saturated heterocycles. The van der Waals surface area contributed by atoms with Gasteiger partial charge in [-0.1, -0.05) is 17.7 Å². The smallest absolute Gasteiger partial charge is 0.226 e. The van der Waals surface area contributed by atoms with Crippen LogP contribution >= 0.6 is 11.3 Å². The summed E-state index contributed by atoms with van der Waals surface area (Å²) in [5.74, 6) is 0.720. The second-order valence-electron chi connectivity index (χ2n) is 7.00. The molecule has 2 heterocycles. The molecule has 2 N–H and O–H groups in total. The van der Waals surface area contributed by atoms with Gasteiger partial charge in [-0.3, -0.25) is 14.4 Å². The number of aryl methyl sites for hydroxylation is 2. The highest BCUT2D eigenvalue weighted by Crippen LogP contribution is 2.26. The van der Waals surface area contributed by atoms with Crippen molar-refractivity contribution in [1.29, 1.82) is 0 Å². The third-order valence-corrected chi connectivity index (χ3v) is 5.21. The second-order valence-corrected chi connectivity index (χ2v) is 7.86. The van der Waals surface area contributed by atoms with Gasteiger partial charge < -0.3 is 15.1 Å². The summed E-state index contributed by atoms with van der Waals surface area (Å²) in [6.07, 6.45) is 0.224. The molecule has 156 valence electrons. The zero-order valence-electron chi connectivity index (χ0n) is 17.1. The fourth-order valence-corrected chi connectivity index (χ4v) is 3.56. The number of amides is 2. The number of anilines is 1. The van der Waals surface area contributed by atoms with Crippen LogP contribution in [0.25, 0.3) is 11.5 Å². The fraction of sp³-hybridized carbons (Fsp3) is 0.273. The van der Waals surface area contributed by atoms with Gasteiger partial charge >= 0.3 is 0 Å². The lowest BCUT2D eigenvalue weighted by molar-refractivity contribution is -0.119. The van der Waals surface area contributed by atoms with Crippen LogP contribution in [-0.2, 0) is 16.1 Å². The number of nitrogens with one attached hydrogen (secondary N) is 2. The number of carbonyl (C=O) groups excluding carboxylic acids is 3. The van der Waals surface area contributed by atoms with E-state index >= 15 is 0 Å². The molecule has 1 aromatic carbocycles. The van der Waals surface area contributed by atoms with E-state index in [1.54, 1.807) is 17.5 Å². The molecule has 0 saturated carbocycles. The molecule has 3 aromatic rings. The van der Waals surface area contributed by atoms with E-state index in [0.717, 1.165) is 11.1 Å². The number of hydrogen-bond acceptors (Lipinski definition) is 6. The molecule has 30 heavy (non-hydrogen) atoms. The summed E-state index contributed by atoms with van der Waals surface area (Å²) in [6, 6.07) is 9.26. The highest BCUT2D eigenvalue weighted by Gasteiger charge is 2.14. The van der Waals surface area contributed by atoms with E-state index in [-0.39, 0.29) is 30.4 Å². The zero-order valence-corrected chi connectivity index (χ0v) is 17.9. The van der Waals surface area contributed by atoms with Crippen LogP contribution in [0.5, 0.6) is 0 Å². The van der Waals surface area contributed by atoms with E-state index in [9.17, 15) is 14.4 Å². The van der Waals surface area contributed by atoms with Crippen molar-refractivity contribution in [2.45, 2.75) is 40.2 Å². The number of rotatable bonds is 8. The van der Waals surface area contributed by atoms with Gasteiger partial charge in [0.25, 0.3) is 0 Å². The predicted molar refractivity (Wildman–Crippen MR) is 115 cm³/mol. The lowest BCUT2D eigenvalue weighted by atomic mass is 9.99. The van der Waals surface area contributed by atoms with Gasteiger partial charge in [0, 0.05) is 30.7 Å². The van der Waals surface area contributed by atoms with E-state index in [2.05, 4.69) is 15.6 Å². The molecule has 0 bridgehead atoms. The van der Waals surface area contributed by atoms with Crippen LogP contribution in [0.15, 0.2) is 40.1 Å². The number of benzene rings is 1. The Kier molecular flexibility index (Phi) is 6.79. The third kappa shape index (κ3) is 5.64. The standard InChI is InChI=1S/C22H23N3O4S/c1-13-4-5-14(2)17(10-13)19(27)7-9-21(28)25-22-24-18(12-30-22)20-8-6-16(29-20)11-23-15(3)26/h4-6,8,10,12H,7,9,11H2,1-3H3,(H,23,26)(H,24,25,28). The lowest BCUT2D eigenvalue weighted by Crippen LogP contribution is -2.18. The van der Waals surface area contributed by atoms with Crippen molar-refractivity contribution in [2.75, 3.05) is 5.32 Å². The van der Waals surface area contributed by atoms with Crippen molar-refractivity contribution in [3.8, 4) is 11.5 Å². The topological polar surface area (TPSA) is 101 Å². The number of ketones is 1. The van der Waals surface area contributed by atoms with Gasteiger partial charge in [-0.05, 0) is 37.6 Å². The third-order valence-electron chi connectivity index (χ3n) is 4.45. The Bertz CT molecular complexity index is 1080. The van der Waals surface area contributed by atoms with Gasteiger partial charge in [0.05, 0.1) is 6.54 Å². The number of nitrogens with zero attached hydrogens (tertiary/aromatic N) is 1. The molecular formula is C22H23N3O4S. The number of Topliss-reactive ketones (excluding diaryl/α,β-unsaturated/α-hetero) is 1. The highest BCUT2D eigenvalue weighted by molar-refractivity contribution is 7.14. The van der Waals surface area contributed by atoms with Crippen molar-refractivity contribution >= 4 is 34.1 Å². The number of hydrogen-bond donors (Lipinski definition) is 2. The molecule has 0 aliphatic heterocycles. The van der Waals surface area contributed by atoms with Crippen LogP contribution < -0.4 is 10.6 Å². The second kappa shape index (κ2) is 9.49. The molecule has 7 nitrogen and oxygen atoms in total. The molecule has 3 rings (SSSR count). The normalized spacial score (nSPS) is 10.6. The molecule has 2 aromatic heterocycles. The van der Waals surface area contributed by atoms with E-state index in [0.29, 0.717) is 34.5 Å². The molecule has 0 radical (unpaired) electrons. The molecule has 8 heteroatoms. The maximum Gasteiger partial charge on any atom is 0.226 e. The Hall–Kier alpha value is -3.26. The van der Waals surface area contributed by atoms with Crippen LogP contribution in [-0.4, -0.2) is 22.6 Å². The van der Waals surface area contributed by atoms with Gasteiger partial charge in [-0.25, -0.2) is 4.98 Å². The molecule has 0 aliphatic carbocycles. The Morgan fingerprint density at radius 2 is 1.90 bits per heavy atom. The first kappa shape index (κ1) is 21.4. The van der Waals surface area contributed by atoms with Gasteiger partial charge in [-0.2, -0.15) is 0 Å². The lowest BCUT2D eigenvalue weighted by Gasteiger charge is -2.06. The van der Waals surface area contributed by atoms with E-state index in [1.807, 2.05) is 32.0 Å². The number of furan rings is 1. The summed E-state index contributed by atoms with van der Waals surface area (Å²) < 4.78 is 5.66. The van der Waals surface area contributed by atoms with Crippen molar-refractivity contribution in [2.24, 2.45) is 0 Å². The first-order chi connectivity index (χ1) is 14.3. The molecular weight excluding hydrogens is 402 g/mol. The molecule has 0 fully saturated rings. The van der Waals surface area contributed by atoms with Crippen LogP contribution in [0.2, 0.25) is 0 Å². The van der Waals surface area contributed by atoms with Crippen molar-refractivity contribution in [1.82, 2.24) is 10.3 Å². The van der Waals surface area contributed by atoms with Crippen molar-refractivity contribution in [3.63, 3.8) is 0 Å². The maximum atomic E-state index is 12.4. The molecule has 0 aliphatic rings. The number of aromatic nitrogens is 1. The summed E-state index contributed by atoms with van der Waals surface area (Å²) >= 11 is 1.28. The SMILES string of the molecule is CC(=O)NCc1ccc(-c2csc(NC(=O)CCC(=O)c3cc(C)ccc3C)n2)o1. The van der Waals surface area contributed by atoms with Crippen LogP contribution in [0.3, 0.4) is 0 Å². The summed E-state index contributed by atoms with van der Waals surface area (Å²) in [4.78, 5) is 40.0. The van der Waals surface area contributed by atoms with Crippen molar-refractivity contribution < 1.29 is 18.8 Å². The Balaban J connectivity index is 1.54. The van der Waals surface area contributed by atoms with Crippen LogP contribution in [0.1, 0.15) is 47.0 Å². The minimum atomic E-state index is -0.264. The summed E-state index contributed by atoms with van der Waals surface area (Å²) in [5, 5.41) is 7.61. The van der Waals surface area contributed by atoms with E-state index in [4.69, 9.17) is 4.42 Å². The van der Waals surface area contributed by atoms with Crippen LogP contribution in [0.4, 0.5) is 5.13 Å². The molecule has 2 amide bonds. The van der Waals surface area contributed by atoms with Gasteiger partial charge in [0.15, 0.2) is 16.7 Å². The quantitative estimate of drug-likeness (QED) is 0.525. The largest absolute Gasteiger partial charge is 0.458 e. The van der Waals surface area contributed by atoms with E-state index in [1.165, 1.54) is 18.3 Å². The minimum Gasteiger partial charge on any atom is -0.458 e. The Morgan fingerprint density at radius 1 is 1.10 bits per heavy atom. The molecule has 0 unspecified atom stereocenters. The summed E-state index contributed by atoms with van der Waals surface area (Å²) in [6.45, 7) is 5.57. The molecule has 0 spiro atoms. The van der Waals surface area contributed by atoms with Gasteiger partial charge in [-0.15, -0.1) is 11.3 Å². The monoisotopic (exact) mass is 425 g/mol. The highest BCUT2D eigenvalue weighted by atomic mass is 32.1. The number of carbonyl (C=O) groups is 3. The van der Waals surface area contributed by atoms with Gasteiger partial charge in [0.2, 0.25) is 11.8 Å².